The number of rotatable bonds is 6. The van der Waals surface area contributed by atoms with Crippen LogP contribution in [-0.2, 0) is 10.0 Å². The molecule has 0 N–H and O–H groups in total. The van der Waals surface area contributed by atoms with E-state index in [9.17, 15) is 13.2 Å². The molecule has 1 aliphatic heterocycles. The fourth-order valence-electron chi connectivity index (χ4n) is 3.62. The summed E-state index contributed by atoms with van der Waals surface area (Å²) in [5.41, 5.74) is 2.12. The maximum absolute atomic E-state index is 13.1. The van der Waals surface area contributed by atoms with Gasteiger partial charge >= 0.3 is 0 Å². The third kappa shape index (κ3) is 4.49. The van der Waals surface area contributed by atoms with E-state index in [1.165, 1.54) is 29.7 Å². The number of carbonyl (C=O) groups is 1. The molecule has 1 aromatic heterocycles. The quantitative estimate of drug-likeness (QED) is 0.531. The maximum atomic E-state index is 13.1. The van der Waals surface area contributed by atoms with Crippen molar-refractivity contribution in [1.29, 1.82) is 0 Å². The van der Waals surface area contributed by atoms with E-state index in [1.807, 2.05) is 35.2 Å². The van der Waals surface area contributed by atoms with Gasteiger partial charge in [0.25, 0.3) is 0 Å². The van der Waals surface area contributed by atoms with Gasteiger partial charge in [-0.1, -0.05) is 12.1 Å². The second kappa shape index (κ2) is 9.05. The van der Waals surface area contributed by atoms with Gasteiger partial charge < -0.3 is 9.64 Å². The van der Waals surface area contributed by atoms with Gasteiger partial charge in [0.05, 0.1) is 17.7 Å². The summed E-state index contributed by atoms with van der Waals surface area (Å²) in [5, 5.41) is 0. The van der Waals surface area contributed by atoms with Crippen LogP contribution in [0.2, 0.25) is 0 Å². The lowest BCUT2D eigenvalue weighted by molar-refractivity contribution is 0.101. The minimum absolute atomic E-state index is 0.141. The Morgan fingerprint density at radius 3 is 2.34 bits per heavy atom. The van der Waals surface area contributed by atoms with Crippen LogP contribution in [0.3, 0.4) is 0 Å². The highest BCUT2D eigenvalue weighted by Gasteiger charge is 2.29. The summed E-state index contributed by atoms with van der Waals surface area (Å²) in [6.45, 7) is 3.09. The molecule has 0 unspecified atom stereocenters. The first-order valence-electron chi connectivity index (χ1n) is 10.2. The van der Waals surface area contributed by atoms with Gasteiger partial charge in [0.1, 0.15) is 17.9 Å². The monoisotopic (exact) mass is 452 g/mol. The highest BCUT2D eigenvalue weighted by molar-refractivity contribution is 7.89. The molecule has 0 radical (unpaired) electrons. The van der Waals surface area contributed by atoms with E-state index in [0.717, 1.165) is 22.8 Å². The Morgan fingerprint density at radius 1 is 0.969 bits per heavy atom. The average molecular weight is 453 g/mol. The molecule has 1 fully saturated rings. The van der Waals surface area contributed by atoms with Crippen molar-refractivity contribution in [2.45, 2.75) is 11.8 Å². The summed E-state index contributed by atoms with van der Waals surface area (Å²) >= 11 is 0. The molecule has 1 aliphatic rings. The predicted octanol–water partition coefficient (Wildman–Crippen LogP) is 2.87. The molecule has 4 rings (SSSR count). The van der Waals surface area contributed by atoms with Crippen LogP contribution in [-0.4, -0.2) is 61.8 Å². The summed E-state index contributed by atoms with van der Waals surface area (Å²) in [4.78, 5) is 22.6. The van der Waals surface area contributed by atoms with Gasteiger partial charge in [-0.3, -0.25) is 4.79 Å². The minimum Gasteiger partial charge on any atom is -0.497 e. The minimum atomic E-state index is -3.67. The number of benzene rings is 2. The van der Waals surface area contributed by atoms with Crippen LogP contribution in [0, 0.1) is 0 Å². The van der Waals surface area contributed by atoms with E-state index in [2.05, 4.69) is 9.97 Å². The summed E-state index contributed by atoms with van der Waals surface area (Å²) in [5.74, 6) is 1.36. The van der Waals surface area contributed by atoms with Crippen LogP contribution in [0.5, 0.6) is 5.75 Å². The van der Waals surface area contributed by atoms with Gasteiger partial charge in [-0.25, -0.2) is 18.4 Å². The zero-order valence-electron chi connectivity index (χ0n) is 17.9. The van der Waals surface area contributed by atoms with Crippen LogP contribution in [0.15, 0.2) is 65.8 Å². The number of piperazine rings is 1. The lowest BCUT2D eigenvalue weighted by Crippen LogP contribution is -2.49. The topological polar surface area (TPSA) is 92.7 Å². The Bertz CT molecular complexity index is 1220. The van der Waals surface area contributed by atoms with Crippen LogP contribution < -0.4 is 9.64 Å². The summed E-state index contributed by atoms with van der Waals surface area (Å²) in [7, 11) is -2.05. The molecule has 0 atom stereocenters. The number of hydrogen-bond donors (Lipinski definition) is 0. The first-order valence-corrected chi connectivity index (χ1v) is 11.6. The van der Waals surface area contributed by atoms with E-state index in [0.29, 0.717) is 31.7 Å². The van der Waals surface area contributed by atoms with Crippen LogP contribution in [0.25, 0.3) is 11.3 Å². The van der Waals surface area contributed by atoms with E-state index in [-0.39, 0.29) is 10.7 Å². The number of sulfonamides is 1. The van der Waals surface area contributed by atoms with E-state index in [1.54, 1.807) is 19.2 Å². The second-order valence-corrected chi connectivity index (χ2v) is 9.40. The van der Waals surface area contributed by atoms with Gasteiger partial charge in [0.15, 0.2) is 5.78 Å². The van der Waals surface area contributed by atoms with E-state index >= 15 is 0 Å². The Labute approximate surface area is 187 Å². The SMILES string of the molecule is COc1ccc(-c2cc(N3CCN(S(=O)(=O)c4cccc(C(C)=O)c4)CC3)ncn2)cc1. The average Bonchev–Trinajstić information content (AvgIpc) is 2.84. The lowest BCUT2D eigenvalue weighted by Gasteiger charge is -2.34. The molecular weight excluding hydrogens is 428 g/mol. The number of carbonyl (C=O) groups excluding carboxylic acids is 1. The van der Waals surface area contributed by atoms with Crippen molar-refractivity contribution >= 4 is 21.6 Å². The van der Waals surface area contributed by atoms with Crippen molar-refractivity contribution in [3.05, 3.63) is 66.5 Å². The Morgan fingerprint density at radius 2 is 1.69 bits per heavy atom. The summed E-state index contributed by atoms with van der Waals surface area (Å²) < 4.78 is 32.8. The third-order valence-electron chi connectivity index (χ3n) is 5.48. The largest absolute Gasteiger partial charge is 0.497 e. The molecule has 0 saturated carbocycles. The van der Waals surface area contributed by atoms with E-state index in [4.69, 9.17) is 4.74 Å². The molecule has 9 heteroatoms. The van der Waals surface area contributed by atoms with Crippen molar-refractivity contribution in [2.24, 2.45) is 0 Å². The molecule has 2 heterocycles. The first-order chi connectivity index (χ1) is 15.4. The number of anilines is 1. The fraction of sp³-hybridized carbons (Fsp3) is 0.261. The smallest absolute Gasteiger partial charge is 0.243 e. The number of ketones is 1. The normalized spacial score (nSPS) is 14.9. The van der Waals surface area contributed by atoms with Crippen molar-refractivity contribution in [3.8, 4) is 17.0 Å². The molecule has 1 saturated heterocycles. The molecule has 3 aromatic rings. The molecule has 8 nitrogen and oxygen atoms in total. The second-order valence-electron chi connectivity index (χ2n) is 7.47. The molecule has 2 aromatic carbocycles. The van der Waals surface area contributed by atoms with Crippen LogP contribution in [0.4, 0.5) is 5.82 Å². The molecule has 166 valence electrons. The highest BCUT2D eigenvalue weighted by atomic mass is 32.2. The number of hydrogen-bond acceptors (Lipinski definition) is 7. The first kappa shape index (κ1) is 21.9. The zero-order valence-corrected chi connectivity index (χ0v) is 18.7. The number of ether oxygens (including phenoxy) is 1. The van der Waals surface area contributed by atoms with Crippen molar-refractivity contribution < 1.29 is 17.9 Å². The Balaban J connectivity index is 1.48. The summed E-state index contributed by atoms with van der Waals surface area (Å²) in [6.07, 6.45) is 1.52. The highest BCUT2D eigenvalue weighted by Crippen LogP contribution is 2.25. The number of methoxy groups -OCH3 is 1. The third-order valence-corrected chi connectivity index (χ3v) is 7.37. The number of Topliss-reactive ketones (excluding diaryl/α,β-unsaturated/α-hetero) is 1. The lowest BCUT2D eigenvalue weighted by atomic mass is 10.1. The van der Waals surface area contributed by atoms with Gasteiger partial charge in [-0.2, -0.15) is 4.31 Å². The van der Waals surface area contributed by atoms with Crippen molar-refractivity contribution in [2.75, 3.05) is 38.2 Å². The molecule has 0 amide bonds. The molecule has 0 aliphatic carbocycles. The number of nitrogens with zero attached hydrogens (tertiary/aromatic N) is 4. The Kier molecular flexibility index (Phi) is 6.20. The van der Waals surface area contributed by atoms with Crippen LogP contribution >= 0.6 is 0 Å². The molecule has 32 heavy (non-hydrogen) atoms. The van der Waals surface area contributed by atoms with Crippen LogP contribution in [0.1, 0.15) is 17.3 Å². The standard InChI is InChI=1S/C23H24N4O4S/c1-17(28)19-4-3-5-21(14-19)32(29,30)27-12-10-26(11-13-27)23-15-22(24-16-25-23)18-6-8-20(31-2)9-7-18/h3-9,14-16H,10-13H2,1-2H3. The molecule has 0 bridgehead atoms. The van der Waals surface area contributed by atoms with Gasteiger partial charge in [-0.05, 0) is 43.3 Å². The molecular formula is C23H24N4O4S. The predicted molar refractivity (Wildman–Crippen MR) is 121 cm³/mol. The molecule has 0 spiro atoms. The maximum Gasteiger partial charge on any atom is 0.243 e. The van der Waals surface area contributed by atoms with Gasteiger partial charge in [0, 0.05) is 43.4 Å². The van der Waals surface area contributed by atoms with Gasteiger partial charge in [0.2, 0.25) is 10.0 Å². The summed E-state index contributed by atoms with van der Waals surface area (Å²) in [6, 6.07) is 15.7. The zero-order chi connectivity index (χ0) is 22.7. The van der Waals surface area contributed by atoms with Crippen molar-refractivity contribution in [1.82, 2.24) is 14.3 Å². The number of aromatic nitrogens is 2. The van der Waals surface area contributed by atoms with E-state index < -0.39 is 10.0 Å². The fourth-order valence-corrected chi connectivity index (χ4v) is 5.09. The van der Waals surface area contributed by atoms with Crippen molar-refractivity contribution in [3.63, 3.8) is 0 Å². The Hall–Kier alpha value is -3.30. The van der Waals surface area contributed by atoms with Gasteiger partial charge in [-0.15, -0.1) is 0 Å².